The van der Waals surface area contributed by atoms with Crippen molar-refractivity contribution < 1.29 is 9.90 Å². The lowest BCUT2D eigenvalue weighted by molar-refractivity contribution is -0.145. The molecule has 1 fully saturated rings. The van der Waals surface area contributed by atoms with Gasteiger partial charge in [-0.2, -0.15) is 0 Å². The number of anilines is 1. The van der Waals surface area contributed by atoms with Crippen LogP contribution in [0.4, 0.5) is 5.69 Å². The largest absolute Gasteiger partial charge is 0.481 e. The second-order valence-electron chi connectivity index (χ2n) is 6.29. The smallest absolute Gasteiger partial charge is 0.314 e. The first-order valence-corrected chi connectivity index (χ1v) is 7.72. The number of carbonyl (C=O) groups is 1. The van der Waals surface area contributed by atoms with Gasteiger partial charge >= 0.3 is 5.97 Å². The minimum atomic E-state index is -0.658. The first-order valence-electron chi connectivity index (χ1n) is 7.72. The summed E-state index contributed by atoms with van der Waals surface area (Å²) in [6, 6.07) is 6.26. The number of aliphatic carboxylic acids is 1. The average Bonchev–Trinajstić information content (AvgIpc) is 2.47. The van der Waals surface area contributed by atoms with Gasteiger partial charge in [-0.25, -0.2) is 0 Å². The molecule has 108 valence electrons. The summed E-state index contributed by atoms with van der Waals surface area (Å²) in [4.78, 5) is 14.3. The van der Waals surface area contributed by atoms with Gasteiger partial charge in [0, 0.05) is 19.3 Å². The Balaban J connectivity index is 2.14. The van der Waals surface area contributed by atoms with Crippen LogP contribution in [0.15, 0.2) is 18.2 Å². The highest BCUT2D eigenvalue weighted by Crippen LogP contribution is 2.45. The Morgan fingerprint density at radius 3 is 2.65 bits per heavy atom. The van der Waals surface area contributed by atoms with Crippen LogP contribution in [0.25, 0.3) is 0 Å². The van der Waals surface area contributed by atoms with Crippen molar-refractivity contribution in [1.29, 1.82) is 0 Å². The van der Waals surface area contributed by atoms with Gasteiger partial charge < -0.3 is 10.0 Å². The Bertz CT molecular complexity index is 518. The molecule has 0 spiro atoms. The van der Waals surface area contributed by atoms with E-state index in [9.17, 15) is 9.90 Å². The van der Waals surface area contributed by atoms with Gasteiger partial charge in [0.1, 0.15) is 0 Å². The lowest BCUT2D eigenvalue weighted by Crippen LogP contribution is -2.40. The Morgan fingerprint density at radius 2 is 1.95 bits per heavy atom. The second-order valence-corrected chi connectivity index (χ2v) is 6.29. The van der Waals surface area contributed by atoms with Gasteiger partial charge in [0.2, 0.25) is 0 Å². The molecule has 0 bridgehead atoms. The number of rotatable bonds is 2. The molecule has 2 aliphatic rings. The number of nitrogens with zero attached hydrogens (tertiary/aromatic N) is 1. The molecule has 1 N–H and O–H groups in total. The van der Waals surface area contributed by atoms with Crippen LogP contribution in [0.1, 0.15) is 49.7 Å². The van der Waals surface area contributed by atoms with Crippen molar-refractivity contribution in [3.8, 4) is 0 Å². The minimum Gasteiger partial charge on any atom is -0.481 e. The highest BCUT2D eigenvalue weighted by atomic mass is 16.4. The number of fused-ring (bicyclic) bond motifs is 1. The summed E-state index contributed by atoms with van der Waals surface area (Å²) in [6.07, 6.45) is 7.02. The van der Waals surface area contributed by atoms with Crippen LogP contribution in [0.3, 0.4) is 0 Å². The van der Waals surface area contributed by atoms with E-state index in [1.807, 2.05) is 6.07 Å². The van der Waals surface area contributed by atoms with E-state index in [1.165, 1.54) is 17.7 Å². The van der Waals surface area contributed by atoms with E-state index in [0.29, 0.717) is 0 Å². The quantitative estimate of drug-likeness (QED) is 0.898. The number of benzene rings is 1. The standard InChI is InChI=1S/C17H23NO2/c1-18-12-6-8-13-7-5-9-14(15(13)18)17(16(19)20)10-3-2-4-11-17/h5,7,9H,2-4,6,8,10-12H2,1H3,(H,19,20). The SMILES string of the molecule is CN1CCCc2cccc(C3(C(=O)O)CCCCC3)c21. The number of aryl methyl sites for hydroxylation is 1. The highest BCUT2D eigenvalue weighted by molar-refractivity contribution is 5.85. The van der Waals surface area contributed by atoms with Crippen LogP contribution in [-0.2, 0) is 16.6 Å². The second kappa shape index (κ2) is 5.12. The Kier molecular flexibility index (Phi) is 3.45. The highest BCUT2D eigenvalue weighted by Gasteiger charge is 2.43. The summed E-state index contributed by atoms with van der Waals surface area (Å²) >= 11 is 0. The van der Waals surface area contributed by atoms with Crippen molar-refractivity contribution >= 4 is 11.7 Å². The number of hydrogen-bond donors (Lipinski definition) is 1. The third-order valence-corrected chi connectivity index (χ3v) is 5.07. The number of carboxylic acids is 1. The summed E-state index contributed by atoms with van der Waals surface area (Å²) in [5, 5.41) is 9.91. The predicted molar refractivity (Wildman–Crippen MR) is 80.4 cm³/mol. The van der Waals surface area contributed by atoms with Crippen molar-refractivity contribution in [2.45, 2.75) is 50.4 Å². The van der Waals surface area contributed by atoms with E-state index in [-0.39, 0.29) is 0 Å². The van der Waals surface area contributed by atoms with E-state index in [1.54, 1.807) is 0 Å². The Morgan fingerprint density at radius 1 is 1.20 bits per heavy atom. The van der Waals surface area contributed by atoms with Crippen LogP contribution in [0.5, 0.6) is 0 Å². The Hall–Kier alpha value is -1.51. The zero-order valence-electron chi connectivity index (χ0n) is 12.2. The van der Waals surface area contributed by atoms with Gasteiger partial charge in [0.25, 0.3) is 0 Å². The molecule has 1 aliphatic carbocycles. The summed E-state index contributed by atoms with van der Waals surface area (Å²) in [7, 11) is 2.10. The van der Waals surface area contributed by atoms with Gasteiger partial charge in [-0.1, -0.05) is 37.5 Å². The zero-order chi connectivity index (χ0) is 14.2. The molecular formula is C17H23NO2. The molecule has 1 aromatic carbocycles. The van der Waals surface area contributed by atoms with Crippen molar-refractivity contribution in [2.75, 3.05) is 18.5 Å². The summed E-state index contributed by atoms with van der Waals surface area (Å²) < 4.78 is 0. The third kappa shape index (κ3) is 2.00. The van der Waals surface area contributed by atoms with E-state index in [2.05, 4.69) is 24.1 Å². The fourth-order valence-corrected chi connectivity index (χ4v) is 4.00. The molecule has 0 atom stereocenters. The molecule has 3 heteroatoms. The minimum absolute atomic E-state index is 0.635. The van der Waals surface area contributed by atoms with Crippen LogP contribution in [-0.4, -0.2) is 24.7 Å². The van der Waals surface area contributed by atoms with Gasteiger partial charge in [-0.15, -0.1) is 0 Å². The van der Waals surface area contributed by atoms with Gasteiger partial charge in [0.05, 0.1) is 5.41 Å². The van der Waals surface area contributed by atoms with Crippen LogP contribution in [0.2, 0.25) is 0 Å². The lowest BCUT2D eigenvalue weighted by atomic mass is 9.68. The summed E-state index contributed by atoms with van der Waals surface area (Å²) in [5.74, 6) is -0.635. The molecule has 20 heavy (non-hydrogen) atoms. The molecule has 0 saturated heterocycles. The predicted octanol–water partition coefficient (Wildman–Crippen LogP) is 3.36. The van der Waals surface area contributed by atoms with Gasteiger partial charge in [-0.05, 0) is 36.8 Å². The molecule has 0 aromatic heterocycles. The molecule has 1 saturated carbocycles. The topological polar surface area (TPSA) is 40.5 Å². The van der Waals surface area contributed by atoms with Crippen molar-refractivity contribution in [2.24, 2.45) is 0 Å². The Labute approximate surface area is 120 Å². The zero-order valence-corrected chi connectivity index (χ0v) is 12.2. The number of carboxylic acid groups (broad SMARTS) is 1. The number of para-hydroxylation sites is 1. The van der Waals surface area contributed by atoms with Gasteiger partial charge in [-0.3, -0.25) is 4.79 Å². The van der Waals surface area contributed by atoms with Crippen LogP contribution < -0.4 is 4.90 Å². The van der Waals surface area contributed by atoms with E-state index >= 15 is 0 Å². The van der Waals surface area contributed by atoms with Crippen molar-refractivity contribution in [1.82, 2.24) is 0 Å². The fourth-order valence-electron chi connectivity index (χ4n) is 4.00. The first-order chi connectivity index (χ1) is 9.65. The molecule has 3 nitrogen and oxygen atoms in total. The molecule has 0 amide bonds. The maximum Gasteiger partial charge on any atom is 0.314 e. The maximum absolute atomic E-state index is 12.1. The van der Waals surface area contributed by atoms with Crippen LogP contribution in [0, 0.1) is 0 Å². The number of hydrogen-bond acceptors (Lipinski definition) is 2. The molecule has 3 rings (SSSR count). The normalized spacial score (nSPS) is 21.4. The van der Waals surface area contributed by atoms with E-state index < -0.39 is 11.4 Å². The molecule has 1 aromatic rings. The lowest BCUT2D eigenvalue weighted by Gasteiger charge is -2.39. The molecule has 0 radical (unpaired) electrons. The maximum atomic E-state index is 12.1. The summed E-state index contributed by atoms with van der Waals surface area (Å²) in [5.41, 5.74) is 2.92. The van der Waals surface area contributed by atoms with Crippen molar-refractivity contribution in [3.63, 3.8) is 0 Å². The fraction of sp³-hybridized carbons (Fsp3) is 0.588. The average molecular weight is 273 g/mol. The third-order valence-electron chi connectivity index (χ3n) is 5.07. The van der Waals surface area contributed by atoms with E-state index in [0.717, 1.165) is 50.6 Å². The molecular weight excluding hydrogens is 250 g/mol. The van der Waals surface area contributed by atoms with E-state index in [4.69, 9.17) is 0 Å². The van der Waals surface area contributed by atoms with Gasteiger partial charge in [0.15, 0.2) is 0 Å². The van der Waals surface area contributed by atoms with Crippen LogP contribution >= 0.6 is 0 Å². The summed E-state index contributed by atoms with van der Waals surface area (Å²) in [6.45, 7) is 1.03. The van der Waals surface area contributed by atoms with Crippen molar-refractivity contribution in [3.05, 3.63) is 29.3 Å². The first kappa shape index (κ1) is 13.5. The molecule has 1 aliphatic heterocycles. The molecule has 1 heterocycles. The molecule has 0 unspecified atom stereocenters. The monoisotopic (exact) mass is 273 g/mol.